The summed E-state index contributed by atoms with van der Waals surface area (Å²) in [5.41, 5.74) is 6.61. The van der Waals surface area contributed by atoms with Gasteiger partial charge in [0, 0.05) is 84.9 Å². The molecule has 2 amide bonds. The van der Waals surface area contributed by atoms with Crippen LogP contribution in [0.5, 0.6) is 0 Å². The van der Waals surface area contributed by atoms with E-state index in [1.165, 1.54) is 30.4 Å². The van der Waals surface area contributed by atoms with Crippen molar-refractivity contribution in [2.24, 2.45) is 5.92 Å². The monoisotopic (exact) mass is 1500 g/mol. The molecule has 2 aliphatic carbocycles. The SMILES string of the molecule is COC(=O)c1c2c(c([C](c3c4c(c(C(=O)OC)c5c3SC(C)(C)S5)SC(C)(C)S4)c3c4c(c(C(=O)N5CCN(C(=O)C6CC7(CCC(c8ccccc8)CC7)N([O])C67CCC(c6ccccc6)CC7)CC5)c5c3SC(C)(C)S5)SC(C)(C)S4)c3c1SC(C)(C)S3)SC(C)(C)S2. The number of carbonyl (C=O) groups excluding carboxylic acids is 4. The number of piperazine rings is 1. The number of rotatable bonds is 9. The summed E-state index contributed by atoms with van der Waals surface area (Å²) in [7, 11) is 2.98. The second kappa shape index (κ2) is 24.6. The standard InChI is InChI=1S/C73H81N3O7S12/c1-66(2)84-50-44(43(45-52-58(92-68(5,6)86-52)48(64(79)82-13)59-53(45)87-69(7,8)93-59)46-54-60(94-70(9,10)88-54)49(65(80)83-14)61-55(46)89-71(11,12)95-61)51-57(91-67(3,4)85-51)47(56(50)90-66)63(78)75-35-33-74(34-36-75)62(77)42-37-72(29-25-40(26-30-72)38-21-17-15-18-22-38)76(81)73(42)31-27-41(28-32-73)39-23-19-16-20-24-39/h15-24,40-42H,25-37H2,1-14H3. The van der Waals surface area contributed by atoms with Crippen molar-refractivity contribution < 1.29 is 33.9 Å². The summed E-state index contributed by atoms with van der Waals surface area (Å²) in [5.74, 6) is 0.823. The van der Waals surface area contributed by atoms with Gasteiger partial charge >= 0.3 is 11.9 Å². The van der Waals surface area contributed by atoms with Crippen molar-refractivity contribution in [3.05, 3.63) is 111 Å². The Morgan fingerprint density at radius 2 is 0.674 bits per heavy atom. The summed E-state index contributed by atoms with van der Waals surface area (Å²) < 4.78 is 9.34. The van der Waals surface area contributed by atoms with Crippen LogP contribution in [-0.4, -0.2) is 115 Å². The lowest BCUT2D eigenvalue weighted by atomic mass is 9.68. The third-order valence-electron chi connectivity index (χ3n) is 20.4. The van der Waals surface area contributed by atoms with Gasteiger partial charge in [0.1, 0.15) is 0 Å². The number of amides is 2. The highest BCUT2D eigenvalue weighted by Gasteiger charge is 2.65. The second-order valence-electron chi connectivity index (χ2n) is 29.5. The van der Waals surface area contributed by atoms with Crippen LogP contribution in [-0.2, 0) is 19.5 Å². The molecule has 2 saturated carbocycles. The average Bonchev–Trinajstić information content (AvgIpc) is 1.59. The molecule has 15 rings (SSSR count). The topological polar surface area (TPSA) is 116 Å². The van der Waals surface area contributed by atoms with Gasteiger partial charge in [-0.1, -0.05) is 60.7 Å². The van der Waals surface area contributed by atoms with Gasteiger partial charge in [0.05, 0.1) is 78.3 Å². The predicted octanol–water partition coefficient (Wildman–Crippen LogP) is 21.0. The minimum Gasteiger partial charge on any atom is -0.465 e. The van der Waals surface area contributed by atoms with E-state index in [0.717, 1.165) is 125 Å². The van der Waals surface area contributed by atoms with Crippen LogP contribution in [0.15, 0.2) is 119 Å². The van der Waals surface area contributed by atoms with E-state index in [1.807, 2.05) is 80.4 Å². The first kappa shape index (κ1) is 68.8. The number of ether oxygens (including phenoxy) is 2. The Bertz CT molecular complexity index is 3810. The summed E-state index contributed by atoms with van der Waals surface area (Å²) in [5, 5.41) is 17.1. The van der Waals surface area contributed by atoms with E-state index in [4.69, 9.17) is 9.47 Å². The first-order valence-electron chi connectivity index (χ1n) is 33.1. The van der Waals surface area contributed by atoms with Crippen molar-refractivity contribution in [1.29, 1.82) is 0 Å². The van der Waals surface area contributed by atoms with Gasteiger partial charge in [-0.3, -0.25) is 9.59 Å². The molecular weight excluding hydrogens is 1420 g/mol. The van der Waals surface area contributed by atoms with Gasteiger partial charge in [-0.05, 0) is 181 Å². The van der Waals surface area contributed by atoms with Crippen molar-refractivity contribution in [1.82, 2.24) is 14.9 Å². The number of carbonyl (C=O) groups is 4. The molecule has 2 spiro atoms. The third-order valence-corrected chi connectivity index (χ3v) is 37.5. The molecule has 8 heterocycles. The molecule has 2 radical (unpaired) electrons. The average molecular weight is 1500 g/mol. The van der Waals surface area contributed by atoms with Crippen molar-refractivity contribution in [2.45, 2.75) is 247 Å². The van der Waals surface area contributed by atoms with Gasteiger partial charge in [0.2, 0.25) is 5.91 Å². The lowest BCUT2D eigenvalue weighted by Crippen LogP contribution is -2.58. The zero-order valence-corrected chi connectivity index (χ0v) is 66.1. The highest BCUT2D eigenvalue weighted by atomic mass is 32.2. The van der Waals surface area contributed by atoms with Gasteiger partial charge < -0.3 is 19.3 Å². The van der Waals surface area contributed by atoms with Crippen molar-refractivity contribution >= 4 is 165 Å². The molecule has 1 unspecified atom stereocenters. The lowest BCUT2D eigenvalue weighted by Gasteiger charge is -2.48. The van der Waals surface area contributed by atoms with Crippen LogP contribution >= 0.6 is 141 Å². The van der Waals surface area contributed by atoms with Crippen LogP contribution in [0, 0.1) is 11.8 Å². The van der Waals surface area contributed by atoms with Crippen molar-refractivity contribution in [3.63, 3.8) is 0 Å². The molecule has 5 aromatic carbocycles. The highest BCUT2D eigenvalue weighted by molar-refractivity contribution is 8.23. The van der Waals surface area contributed by atoms with Gasteiger partial charge in [-0.2, -0.15) is 0 Å². The molecule has 0 bridgehead atoms. The molecule has 8 aliphatic heterocycles. The number of thioether (sulfide) groups is 12. The molecular formula is C73H81N3O7S12. The maximum atomic E-state index is 16.4. The Hall–Kier alpha value is -1.90. The van der Waals surface area contributed by atoms with Gasteiger partial charge in [0.25, 0.3) is 5.91 Å². The molecule has 10 aliphatic rings. The van der Waals surface area contributed by atoms with Gasteiger partial charge in [-0.25, -0.2) is 9.59 Å². The maximum absolute atomic E-state index is 16.4. The summed E-state index contributed by atoms with van der Waals surface area (Å²) in [6.07, 6.45) is 7.18. The number of nitrogens with zero attached hydrogens (tertiary/aromatic N) is 3. The number of methoxy groups -OCH3 is 2. The summed E-state index contributed by atoms with van der Waals surface area (Å²) in [6.45, 7) is 28.7. The fraction of sp³-hybridized carbons (Fsp3) is 0.521. The number of hydrogen-bond acceptors (Lipinski definition) is 19. The van der Waals surface area contributed by atoms with Crippen LogP contribution in [0.3, 0.4) is 0 Å². The van der Waals surface area contributed by atoms with Crippen molar-refractivity contribution in [2.75, 3.05) is 40.4 Å². The fourth-order valence-electron chi connectivity index (χ4n) is 16.5. The fourth-order valence-corrected chi connectivity index (χ4v) is 34.2. The van der Waals surface area contributed by atoms with E-state index < -0.39 is 17.0 Å². The van der Waals surface area contributed by atoms with Gasteiger partial charge in [0.15, 0.2) is 0 Å². The second-order valence-corrected chi connectivity index (χ2v) is 50.7. The van der Waals surface area contributed by atoms with Gasteiger partial charge in [-0.15, -0.1) is 151 Å². The number of hydrogen-bond donors (Lipinski definition) is 0. The third kappa shape index (κ3) is 11.9. The molecule has 22 heteroatoms. The van der Waals surface area contributed by atoms with Crippen LogP contribution in [0.4, 0.5) is 0 Å². The van der Waals surface area contributed by atoms with E-state index in [-0.39, 0.29) is 48.2 Å². The predicted molar refractivity (Wildman–Crippen MR) is 401 cm³/mol. The smallest absolute Gasteiger partial charge is 0.340 e. The Morgan fingerprint density at radius 1 is 0.389 bits per heavy atom. The molecule has 502 valence electrons. The van der Waals surface area contributed by atoms with Crippen LogP contribution in [0.2, 0.25) is 0 Å². The molecule has 0 N–H and O–H groups in total. The number of esters is 2. The highest BCUT2D eigenvalue weighted by Crippen LogP contribution is 2.75. The molecule has 10 nitrogen and oxygen atoms in total. The number of hydroxylamine groups is 2. The Morgan fingerprint density at radius 3 is 0.989 bits per heavy atom. The van der Waals surface area contributed by atoms with Crippen LogP contribution in [0.25, 0.3) is 0 Å². The number of fused-ring (bicyclic) bond motifs is 6. The van der Waals surface area contributed by atoms with Crippen molar-refractivity contribution in [3.8, 4) is 0 Å². The van der Waals surface area contributed by atoms with E-state index in [1.54, 1.807) is 70.6 Å². The first-order chi connectivity index (χ1) is 44.9. The summed E-state index contributed by atoms with van der Waals surface area (Å²) >= 11 is 21.5. The van der Waals surface area contributed by atoms with E-state index in [0.29, 0.717) is 68.4 Å². The zero-order valence-electron chi connectivity index (χ0n) is 56.3. The minimum absolute atomic E-state index is 0.0102. The van der Waals surface area contributed by atoms with Crippen LogP contribution < -0.4 is 0 Å². The summed E-state index contributed by atoms with van der Waals surface area (Å²) in [6, 6.07) is 21.5. The Labute approximate surface area is 612 Å². The zero-order chi connectivity index (χ0) is 67.1. The molecule has 95 heavy (non-hydrogen) atoms. The molecule has 1 atom stereocenters. The molecule has 2 saturated heterocycles. The Balaban J connectivity index is 0.851. The molecule has 5 aromatic rings. The van der Waals surface area contributed by atoms with E-state index in [9.17, 15) is 9.59 Å². The molecule has 0 aromatic heterocycles. The quantitative estimate of drug-likeness (QED) is 0.103. The molecule has 4 fully saturated rings. The largest absolute Gasteiger partial charge is 0.465 e. The minimum atomic E-state index is -0.771. The summed E-state index contributed by atoms with van der Waals surface area (Å²) in [4.78, 5) is 77.5. The lowest BCUT2D eigenvalue weighted by molar-refractivity contribution is -0.278. The van der Waals surface area contributed by atoms with E-state index in [2.05, 4.69) is 144 Å². The first-order valence-corrected chi connectivity index (χ1v) is 42.9. The number of benzene rings is 5. The van der Waals surface area contributed by atoms with E-state index >= 15 is 14.8 Å². The Kier molecular flexibility index (Phi) is 17.9. The normalized spacial score (nSPS) is 27.6. The maximum Gasteiger partial charge on any atom is 0.340 e. The van der Waals surface area contributed by atoms with Crippen LogP contribution in [0.1, 0.15) is 212 Å².